The molecule has 0 bridgehead atoms. The van der Waals surface area contributed by atoms with E-state index in [1.54, 1.807) is 18.2 Å². The minimum absolute atomic E-state index is 0.0327. The first-order valence-electron chi connectivity index (χ1n) is 5.65. The number of halogens is 4. The standard InChI is InChI=1S/C14H10Cl2F2O2/c15-9-4-5-12(16)11(7-9)13(19)8-2-1-3-10(6-8)20-14(17)18/h1-7,13-14,19H. The van der Waals surface area contributed by atoms with E-state index >= 15 is 0 Å². The van der Waals surface area contributed by atoms with Gasteiger partial charge >= 0.3 is 6.61 Å². The molecule has 0 saturated heterocycles. The molecule has 6 heteroatoms. The van der Waals surface area contributed by atoms with Gasteiger partial charge in [0.05, 0.1) is 0 Å². The maximum atomic E-state index is 12.2. The molecule has 2 aromatic carbocycles. The van der Waals surface area contributed by atoms with E-state index in [1.807, 2.05) is 0 Å². The first-order valence-corrected chi connectivity index (χ1v) is 6.41. The summed E-state index contributed by atoms with van der Waals surface area (Å²) in [6, 6.07) is 10.5. The summed E-state index contributed by atoms with van der Waals surface area (Å²) in [5.41, 5.74) is 0.778. The van der Waals surface area contributed by atoms with Gasteiger partial charge in [-0.1, -0.05) is 35.3 Å². The molecule has 0 aliphatic rings. The number of hydrogen-bond donors (Lipinski definition) is 1. The summed E-state index contributed by atoms with van der Waals surface area (Å²) in [6.45, 7) is -2.92. The monoisotopic (exact) mass is 318 g/mol. The Hall–Kier alpha value is -1.36. The summed E-state index contributed by atoms with van der Waals surface area (Å²) in [5, 5.41) is 11.0. The Kier molecular flexibility index (Phi) is 4.81. The van der Waals surface area contributed by atoms with Crippen LogP contribution in [0.15, 0.2) is 42.5 Å². The topological polar surface area (TPSA) is 29.5 Å². The molecule has 2 nitrogen and oxygen atoms in total. The highest BCUT2D eigenvalue weighted by Crippen LogP contribution is 2.32. The largest absolute Gasteiger partial charge is 0.435 e. The maximum Gasteiger partial charge on any atom is 0.387 e. The van der Waals surface area contributed by atoms with Crippen LogP contribution in [0.2, 0.25) is 10.0 Å². The second kappa shape index (κ2) is 6.39. The van der Waals surface area contributed by atoms with Gasteiger partial charge in [-0.3, -0.25) is 0 Å². The van der Waals surface area contributed by atoms with Crippen molar-refractivity contribution in [2.75, 3.05) is 0 Å². The van der Waals surface area contributed by atoms with E-state index in [-0.39, 0.29) is 5.75 Å². The quantitative estimate of drug-likeness (QED) is 0.887. The van der Waals surface area contributed by atoms with E-state index in [0.717, 1.165) is 0 Å². The summed E-state index contributed by atoms with van der Waals surface area (Å²) in [7, 11) is 0. The lowest BCUT2D eigenvalue weighted by Gasteiger charge is -2.14. The van der Waals surface area contributed by atoms with Gasteiger partial charge in [0.2, 0.25) is 0 Å². The van der Waals surface area contributed by atoms with Crippen LogP contribution in [0.4, 0.5) is 8.78 Å². The van der Waals surface area contributed by atoms with Gasteiger partial charge in [-0.2, -0.15) is 8.78 Å². The Bertz CT molecular complexity index is 605. The number of rotatable bonds is 4. The van der Waals surface area contributed by atoms with Crippen LogP contribution in [0.5, 0.6) is 5.75 Å². The fourth-order valence-corrected chi connectivity index (χ4v) is 2.17. The Labute approximate surface area is 124 Å². The second-order valence-corrected chi connectivity index (χ2v) is 4.86. The van der Waals surface area contributed by atoms with Crippen LogP contribution in [0, 0.1) is 0 Å². The van der Waals surface area contributed by atoms with Gasteiger partial charge in [0.15, 0.2) is 0 Å². The Balaban J connectivity index is 2.33. The Morgan fingerprint density at radius 3 is 2.50 bits per heavy atom. The van der Waals surface area contributed by atoms with Crippen molar-refractivity contribution < 1.29 is 18.6 Å². The SMILES string of the molecule is OC(c1cccc(OC(F)F)c1)c1cc(Cl)ccc1Cl. The highest BCUT2D eigenvalue weighted by atomic mass is 35.5. The van der Waals surface area contributed by atoms with Crippen molar-refractivity contribution in [3.63, 3.8) is 0 Å². The molecule has 0 aliphatic carbocycles. The zero-order chi connectivity index (χ0) is 14.7. The Morgan fingerprint density at radius 2 is 1.80 bits per heavy atom. The molecule has 0 spiro atoms. The van der Waals surface area contributed by atoms with E-state index in [1.165, 1.54) is 24.3 Å². The fraction of sp³-hybridized carbons (Fsp3) is 0.143. The zero-order valence-corrected chi connectivity index (χ0v) is 11.6. The highest BCUT2D eigenvalue weighted by Gasteiger charge is 2.16. The van der Waals surface area contributed by atoms with Crippen molar-refractivity contribution in [3.8, 4) is 5.75 Å². The van der Waals surface area contributed by atoms with Gasteiger partial charge in [-0.15, -0.1) is 0 Å². The summed E-state index contributed by atoms with van der Waals surface area (Å²) in [4.78, 5) is 0. The number of aliphatic hydroxyl groups is 1. The Morgan fingerprint density at radius 1 is 1.05 bits per heavy atom. The lowest BCUT2D eigenvalue weighted by atomic mass is 10.0. The van der Waals surface area contributed by atoms with Crippen molar-refractivity contribution in [2.45, 2.75) is 12.7 Å². The molecule has 2 rings (SSSR count). The van der Waals surface area contributed by atoms with Crippen LogP contribution < -0.4 is 4.74 Å². The molecule has 0 heterocycles. The molecule has 0 radical (unpaired) electrons. The van der Waals surface area contributed by atoms with Crippen LogP contribution in [0.1, 0.15) is 17.2 Å². The van der Waals surface area contributed by atoms with Gasteiger partial charge in [0.1, 0.15) is 11.9 Å². The third-order valence-corrected chi connectivity index (χ3v) is 3.23. The van der Waals surface area contributed by atoms with Crippen molar-refractivity contribution in [2.24, 2.45) is 0 Å². The summed E-state index contributed by atoms with van der Waals surface area (Å²) in [6.07, 6.45) is -1.08. The fourth-order valence-electron chi connectivity index (χ4n) is 1.76. The minimum atomic E-state index is -2.92. The summed E-state index contributed by atoms with van der Waals surface area (Å²) in [5.74, 6) is -0.0327. The molecule has 1 unspecified atom stereocenters. The van der Waals surface area contributed by atoms with E-state index in [0.29, 0.717) is 21.2 Å². The molecule has 106 valence electrons. The van der Waals surface area contributed by atoms with Crippen molar-refractivity contribution in [1.82, 2.24) is 0 Å². The molecule has 1 atom stereocenters. The first kappa shape index (κ1) is 15.0. The third-order valence-electron chi connectivity index (χ3n) is 2.65. The lowest BCUT2D eigenvalue weighted by molar-refractivity contribution is -0.0499. The second-order valence-electron chi connectivity index (χ2n) is 4.02. The molecule has 0 aromatic heterocycles. The van der Waals surface area contributed by atoms with Crippen molar-refractivity contribution >= 4 is 23.2 Å². The van der Waals surface area contributed by atoms with Crippen LogP contribution in [-0.2, 0) is 0 Å². The molecule has 0 fully saturated rings. The molecule has 1 N–H and O–H groups in total. The van der Waals surface area contributed by atoms with Crippen molar-refractivity contribution in [3.05, 3.63) is 63.6 Å². The first-order chi connectivity index (χ1) is 9.47. The minimum Gasteiger partial charge on any atom is -0.435 e. The van der Waals surface area contributed by atoms with Crippen LogP contribution >= 0.6 is 23.2 Å². The van der Waals surface area contributed by atoms with Crippen LogP contribution in [0.25, 0.3) is 0 Å². The number of aliphatic hydroxyl groups excluding tert-OH is 1. The molecular weight excluding hydrogens is 309 g/mol. The van der Waals surface area contributed by atoms with Gasteiger partial charge in [-0.25, -0.2) is 0 Å². The highest BCUT2D eigenvalue weighted by molar-refractivity contribution is 6.33. The predicted octanol–water partition coefficient (Wildman–Crippen LogP) is 4.68. The molecule has 0 aliphatic heterocycles. The van der Waals surface area contributed by atoms with Gasteiger partial charge in [-0.05, 0) is 35.9 Å². The zero-order valence-electron chi connectivity index (χ0n) is 10.1. The summed E-state index contributed by atoms with van der Waals surface area (Å²) >= 11 is 11.9. The molecular formula is C14H10Cl2F2O2. The van der Waals surface area contributed by atoms with E-state index in [2.05, 4.69) is 4.74 Å². The molecule has 20 heavy (non-hydrogen) atoms. The van der Waals surface area contributed by atoms with Gasteiger partial charge in [0.25, 0.3) is 0 Å². The lowest BCUT2D eigenvalue weighted by Crippen LogP contribution is -2.04. The third kappa shape index (κ3) is 3.60. The number of hydrogen-bond acceptors (Lipinski definition) is 2. The molecule has 0 amide bonds. The number of alkyl halides is 2. The summed E-state index contributed by atoms with van der Waals surface area (Å²) < 4.78 is 28.6. The van der Waals surface area contributed by atoms with E-state index < -0.39 is 12.7 Å². The average molecular weight is 319 g/mol. The van der Waals surface area contributed by atoms with E-state index in [4.69, 9.17) is 23.2 Å². The normalized spacial score (nSPS) is 12.5. The van der Waals surface area contributed by atoms with Crippen LogP contribution in [-0.4, -0.2) is 11.7 Å². The van der Waals surface area contributed by atoms with Gasteiger partial charge < -0.3 is 9.84 Å². The van der Waals surface area contributed by atoms with Gasteiger partial charge in [0, 0.05) is 15.6 Å². The van der Waals surface area contributed by atoms with Crippen LogP contribution in [0.3, 0.4) is 0 Å². The number of benzene rings is 2. The smallest absolute Gasteiger partial charge is 0.387 e. The maximum absolute atomic E-state index is 12.2. The molecule has 2 aromatic rings. The average Bonchev–Trinajstić information content (AvgIpc) is 2.40. The molecule has 0 saturated carbocycles. The van der Waals surface area contributed by atoms with E-state index in [9.17, 15) is 13.9 Å². The van der Waals surface area contributed by atoms with Crippen molar-refractivity contribution in [1.29, 1.82) is 0 Å². The number of ether oxygens (including phenoxy) is 1. The predicted molar refractivity (Wildman–Crippen MR) is 73.6 cm³/mol.